The first-order valence-electron chi connectivity index (χ1n) is 14.8. The second-order valence-electron chi connectivity index (χ2n) is 11.2. The number of carboxylic acid groups (broad SMARTS) is 1. The molecule has 1 saturated carbocycles. The highest BCUT2D eigenvalue weighted by Gasteiger charge is 2.25. The summed E-state index contributed by atoms with van der Waals surface area (Å²) in [6.07, 6.45) is 6.85. The zero-order valence-electron chi connectivity index (χ0n) is 24.2. The van der Waals surface area contributed by atoms with Crippen LogP contribution >= 0.6 is 0 Å². The summed E-state index contributed by atoms with van der Waals surface area (Å²) in [5.74, 6) is 1.19. The van der Waals surface area contributed by atoms with Gasteiger partial charge in [-0.2, -0.15) is 4.98 Å². The Hall–Kier alpha value is -4.09. The van der Waals surface area contributed by atoms with Gasteiger partial charge in [-0.3, -0.25) is 4.90 Å². The summed E-state index contributed by atoms with van der Waals surface area (Å²) in [5, 5.41) is 9.28. The topological polar surface area (TPSA) is 112 Å². The number of aromatic nitrogens is 4. The number of rotatable bonds is 9. The highest BCUT2D eigenvalue weighted by atomic mass is 19.1. The average molecular weight is 590 g/mol. The number of halogens is 1. The van der Waals surface area contributed by atoms with Crippen LogP contribution in [-0.4, -0.2) is 67.9 Å². The predicted molar refractivity (Wildman–Crippen MR) is 157 cm³/mol. The summed E-state index contributed by atoms with van der Waals surface area (Å²) in [6, 6.07) is 11.9. The van der Waals surface area contributed by atoms with Crippen molar-refractivity contribution in [2.24, 2.45) is 7.05 Å². The van der Waals surface area contributed by atoms with Gasteiger partial charge < -0.3 is 23.9 Å². The van der Waals surface area contributed by atoms with Gasteiger partial charge in [0.05, 0.1) is 23.1 Å². The molecular weight excluding hydrogens is 553 g/mol. The van der Waals surface area contributed by atoms with Gasteiger partial charge in [-0.15, -0.1) is 0 Å². The van der Waals surface area contributed by atoms with Gasteiger partial charge in [0.15, 0.2) is 17.4 Å². The molecule has 43 heavy (non-hydrogen) atoms. The third kappa shape index (κ3) is 7.29. The van der Waals surface area contributed by atoms with Gasteiger partial charge in [0.2, 0.25) is 5.88 Å². The Labute approximate surface area is 249 Å². The fourth-order valence-electron chi connectivity index (χ4n) is 5.18. The molecule has 11 heteroatoms. The van der Waals surface area contributed by atoms with Crippen molar-refractivity contribution in [3.8, 4) is 11.6 Å². The molecule has 1 N–H and O–H groups in total. The molecule has 2 aromatic carbocycles. The van der Waals surface area contributed by atoms with E-state index in [-0.39, 0.29) is 29.8 Å². The van der Waals surface area contributed by atoms with Gasteiger partial charge in [0, 0.05) is 45.6 Å². The Kier molecular flexibility index (Phi) is 8.80. The third-order valence-corrected chi connectivity index (χ3v) is 8.03. The number of hydrogen-bond donors (Lipinski definition) is 1. The summed E-state index contributed by atoms with van der Waals surface area (Å²) in [4.78, 5) is 27.0. The Bertz CT molecular complexity index is 1570. The number of nitrogens with zero attached hydrogens (tertiary/aromatic N) is 5. The molecule has 0 bridgehead atoms. The van der Waals surface area contributed by atoms with Crippen LogP contribution in [0.1, 0.15) is 65.6 Å². The summed E-state index contributed by atoms with van der Waals surface area (Å²) in [6.45, 7) is 4.41. The van der Waals surface area contributed by atoms with Crippen molar-refractivity contribution in [2.45, 2.75) is 57.3 Å². The number of fused-ring (bicyclic) bond motifs is 1. The maximum Gasteiger partial charge on any atom is 0.335 e. The zero-order chi connectivity index (χ0) is 29.8. The van der Waals surface area contributed by atoms with Gasteiger partial charge in [0.1, 0.15) is 18.5 Å². The summed E-state index contributed by atoms with van der Waals surface area (Å²) in [5.41, 5.74) is 2.88. The minimum atomic E-state index is -0.947. The smallest absolute Gasteiger partial charge is 0.335 e. The molecule has 2 aromatic heterocycles. The number of benzene rings is 2. The minimum Gasteiger partial charge on any atom is -0.483 e. The van der Waals surface area contributed by atoms with E-state index in [1.165, 1.54) is 6.42 Å². The van der Waals surface area contributed by atoms with Gasteiger partial charge in [-0.1, -0.05) is 6.07 Å². The lowest BCUT2D eigenvalue weighted by molar-refractivity contribution is 0.0367. The van der Waals surface area contributed by atoms with Crippen molar-refractivity contribution >= 4 is 17.0 Å². The molecule has 0 amide bonds. The first-order chi connectivity index (χ1) is 20.9. The molecule has 4 heterocycles. The third-order valence-electron chi connectivity index (χ3n) is 8.03. The van der Waals surface area contributed by atoms with Crippen LogP contribution in [0.4, 0.5) is 4.39 Å². The van der Waals surface area contributed by atoms with Crippen molar-refractivity contribution in [3.05, 3.63) is 77.3 Å². The number of carbonyl (C=O) groups is 1. The van der Waals surface area contributed by atoms with Crippen LogP contribution in [-0.2, 0) is 24.9 Å². The molecule has 7 rings (SSSR count). The summed E-state index contributed by atoms with van der Waals surface area (Å²) < 4.78 is 32.9. The number of piperidine rings is 1. The second kappa shape index (κ2) is 13.0. The molecule has 226 valence electrons. The molecule has 0 radical (unpaired) electrons. The van der Waals surface area contributed by atoms with Crippen LogP contribution in [0, 0.1) is 5.82 Å². The molecular formula is C32H36FN5O5. The molecule has 0 unspecified atom stereocenters. The lowest BCUT2D eigenvalue weighted by atomic mass is 10.1. The van der Waals surface area contributed by atoms with E-state index in [4.69, 9.17) is 19.2 Å². The van der Waals surface area contributed by atoms with Crippen LogP contribution in [0.3, 0.4) is 0 Å². The first kappa shape index (κ1) is 29.0. The van der Waals surface area contributed by atoms with E-state index < -0.39 is 5.97 Å². The quantitative estimate of drug-likeness (QED) is 0.285. The van der Waals surface area contributed by atoms with E-state index in [2.05, 4.69) is 14.9 Å². The number of likely N-dealkylation sites (tertiary alicyclic amines) is 1. The minimum absolute atomic E-state index is 0.0240. The van der Waals surface area contributed by atoms with E-state index in [0.717, 1.165) is 74.4 Å². The lowest BCUT2D eigenvalue weighted by Crippen LogP contribution is -2.38. The number of ether oxygens (including phenoxy) is 3. The summed E-state index contributed by atoms with van der Waals surface area (Å²) >= 11 is 0. The molecule has 2 saturated heterocycles. The van der Waals surface area contributed by atoms with Crippen LogP contribution in [0.15, 0.2) is 48.7 Å². The van der Waals surface area contributed by atoms with Gasteiger partial charge in [-0.05, 0) is 73.9 Å². The second-order valence-corrected chi connectivity index (χ2v) is 11.2. The monoisotopic (exact) mass is 589 g/mol. The van der Waals surface area contributed by atoms with E-state index in [0.29, 0.717) is 24.2 Å². The Balaban J connectivity index is 0.000000761. The van der Waals surface area contributed by atoms with Crippen molar-refractivity contribution in [3.63, 3.8) is 0 Å². The normalized spacial score (nSPS) is 17.2. The molecule has 3 fully saturated rings. The van der Waals surface area contributed by atoms with Gasteiger partial charge >= 0.3 is 5.97 Å². The van der Waals surface area contributed by atoms with E-state index in [1.807, 2.05) is 17.7 Å². The van der Waals surface area contributed by atoms with Gasteiger partial charge in [0.25, 0.3) is 0 Å². The van der Waals surface area contributed by atoms with E-state index >= 15 is 0 Å². The van der Waals surface area contributed by atoms with E-state index in [1.54, 1.807) is 42.6 Å². The van der Waals surface area contributed by atoms with Crippen molar-refractivity contribution < 1.29 is 28.5 Å². The number of carboxylic acids is 1. The standard InChI is InChI=1S/C29H30FN5O4.C3H6O/c1-34-24-15-20(29(36)37)4-6-23(24)32-27(34)16-35-12-9-21(10-13-35)39-28-8-11-31-26(33-28)17-38-25-7-5-19(14-22(25)30)18-2-3-18;1-2-4-3-1/h4-8,11,14-15,18,21H,2-3,9-10,12-13,16-17H2,1H3,(H,36,37);1-3H2. The molecule has 3 aliphatic rings. The highest BCUT2D eigenvalue weighted by Crippen LogP contribution is 2.41. The van der Waals surface area contributed by atoms with Crippen LogP contribution < -0.4 is 9.47 Å². The zero-order valence-corrected chi connectivity index (χ0v) is 24.2. The molecule has 1 aliphatic carbocycles. The molecule has 0 atom stereocenters. The van der Waals surface area contributed by atoms with Crippen molar-refractivity contribution in [1.82, 2.24) is 24.4 Å². The van der Waals surface area contributed by atoms with Crippen LogP contribution in [0.2, 0.25) is 0 Å². The predicted octanol–water partition coefficient (Wildman–Crippen LogP) is 5.11. The lowest BCUT2D eigenvalue weighted by Gasteiger charge is -2.31. The number of aromatic carboxylic acids is 1. The molecule has 2 aliphatic heterocycles. The maximum atomic E-state index is 14.4. The number of aryl methyl sites for hydroxylation is 1. The van der Waals surface area contributed by atoms with E-state index in [9.17, 15) is 14.3 Å². The SMILES string of the molecule is C1COC1.Cn1c(CN2CCC(Oc3ccnc(COc4ccc(C5CC5)cc4F)n3)CC2)nc2ccc(C(=O)O)cc21. The average Bonchev–Trinajstić information content (AvgIpc) is 3.77. The Morgan fingerprint density at radius 1 is 1.07 bits per heavy atom. The number of hydrogen-bond acceptors (Lipinski definition) is 8. The fraction of sp³-hybridized carbons (Fsp3) is 0.438. The molecule has 0 spiro atoms. The highest BCUT2D eigenvalue weighted by molar-refractivity contribution is 5.92. The summed E-state index contributed by atoms with van der Waals surface area (Å²) in [7, 11) is 1.92. The number of imidazole rings is 1. The van der Waals surface area contributed by atoms with Crippen molar-refractivity contribution in [1.29, 1.82) is 0 Å². The first-order valence-corrected chi connectivity index (χ1v) is 14.8. The molecule has 4 aromatic rings. The maximum absolute atomic E-state index is 14.4. The van der Waals surface area contributed by atoms with Crippen LogP contribution in [0.25, 0.3) is 11.0 Å². The largest absolute Gasteiger partial charge is 0.483 e. The van der Waals surface area contributed by atoms with Crippen molar-refractivity contribution in [2.75, 3.05) is 26.3 Å². The fourth-order valence-corrected chi connectivity index (χ4v) is 5.18. The molecule has 10 nitrogen and oxygen atoms in total. The Morgan fingerprint density at radius 2 is 1.84 bits per heavy atom. The van der Waals surface area contributed by atoms with Gasteiger partial charge in [-0.25, -0.2) is 19.2 Å². The Morgan fingerprint density at radius 3 is 2.51 bits per heavy atom. The van der Waals surface area contributed by atoms with Crippen LogP contribution in [0.5, 0.6) is 11.6 Å².